The van der Waals surface area contributed by atoms with Gasteiger partial charge in [-0.3, -0.25) is 0 Å². The van der Waals surface area contributed by atoms with Gasteiger partial charge >= 0.3 is 5.97 Å². The number of nitrogens with two attached hydrogens (primary N) is 1. The molecule has 0 aliphatic rings. The van der Waals surface area contributed by atoms with Gasteiger partial charge in [-0.05, 0) is 18.6 Å². The quantitative estimate of drug-likeness (QED) is 0.249. The van der Waals surface area contributed by atoms with Crippen LogP contribution in [0.5, 0.6) is 0 Å². The van der Waals surface area contributed by atoms with E-state index in [1.165, 1.54) is 11.8 Å². The van der Waals surface area contributed by atoms with E-state index in [0.717, 1.165) is 17.4 Å². The van der Waals surface area contributed by atoms with Crippen LogP contribution in [0.2, 0.25) is 0 Å². The molecule has 5 heteroatoms. The molecule has 118 valence electrons. The van der Waals surface area contributed by atoms with Crippen LogP contribution in [0, 0.1) is 0 Å². The van der Waals surface area contributed by atoms with Gasteiger partial charge < -0.3 is 15.3 Å². The van der Waals surface area contributed by atoms with E-state index in [1.54, 1.807) is 19.1 Å². The molecule has 0 unspecified atom stereocenters. The fourth-order valence-electron chi connectivity index (χ4n) is 1.67. The molecule has 0 fully saturated rings. The molecular weight excluding hydrogens is 298 g/mol. The number of esters is 1. The molecule has 0 spiro atoms. The summed E-state index contributed by atoms with van der Waals surface area (Å²) in [5.41, 5.74) is 7.84. The molecule has 0 amide bonds. The lowest BCUT2D eigenvalue weighted by Crippen LogP contribution is -2.44. The highest BCUT2D eigenvalue weighted by Crippen LogP contribution is 2.25. The van der Waals surface area contributed by atoms with Gasteiger partial charge in [0, 0.05) is 12.2 Å². The van der Waals surface area contributed by atoms with Crippen LogP contribution in [-0.2, 0) is 20.9 Å². The van der Waals surface area contributed by atoms with Crippen LogP contribution in [0.15, 0.2) is 54.6 Å². The van der Waals surface area contributed by atoms with Crippen LogP contribution in [0.1, 0.15) is 18.9 Å². The number of rotatable bonds is 9. The number of carbonyl (C=O) groups is 2. The van der Waals surface area contributed by atoms with E-state index < -0.39 is 10.8 Å². The maximum Gasteiger partial charge on any atom is 0.341 e. The van der Waals surface area contributed by atoms with Gasteiger partial charge in [-0.2, -0.15) is 0 Å². The summed E-state index contributed by atoms with van der Waals surface area (Å²) in [6.07, 6.45) is 4.36. The summed E-state index contributed by atoms with van der Waals surface area (Å²) in [7, 11) is 0. The fraction of sp³-hybridized carbons (Fsp3) is 0.294. The summed E-state index contributed by atoms with van der Waals surface area (Å²) in [5.74, 6) is -0.0880. The Bertz CT molecular complexity index is 542. The highest BCUT2D eigenvalue weighted by Gasteiger charge is 2.34. The fourth-order valence-corrected chi connectivity index (χ4v) is 2.67. The minimum atomic E-state index is -1.32. The van der Waals surface area contributed by atoms with Crippen molar-refractivity contribution in [2.24, 2.45) is 5.73 Å². The van der Waals surface area contributed by atoms with E-state index in [1.807, 2.05) is 30.3 Å². The molecule has 1 aromatic carbocycles. The molecule has 1 aromatic rings. The zero-order chi connectivity index (χ0) is 16.4. The summed E-state index contributed by atoms with van der Waals surface area (Å²) in [4.78, 5) is 21.5. The first-order chi connectivity index (χ1) is 10.5. The number of hydrogen-bond donors (Lipinski definition) is 1. The zero-order valence-corrected chi connectivity index (χ0v) is 13.5. The molecule has 0 aliphatic heterocycles. The Hall–Kier alpha value is -1.85. The molecule has 0 aliphatic carbocycles. The molecule has 4 nitrogen and oxygen atoms in total. The van der Waals surface area contributed by atoms with Crippen molar-refractivity contribution in [3.63, 3.8) is 0 Å². The second kappa shape index (κ2) is 9.23. The van der Waals surface area contributed by atoms with Crippen molar-refractivity contribution in [3.05, 3.63) is 60.2 Å². The lowest BCUT2D eigenvalue weighted by Gasteiger charge is -2.23. The Morgan fingerprint density at radius 2 is 2.09 bits per heavy atom. The van der Waals surface area contributed by atoms with Gasteiger partial charge in [0.1, 0.15) is 12.9 Å². The van der Waals surface area contributed by atoms with Gasteiger partial charge in [-0.15, -0.1) is 11.8 Å². The van der Waals surface area contributed by atoms with Crippen molar-refractivity contribution in [2.75, 3.05) is 5.75 Å². The maximum absolute atomic E-state index is 12.3. The van der Waals surface area contributed by atoms with Crippen LogP contribution in [0.3, 0.4) is 0 Å². The smallest absolute Gasteiger partial charge is 0.341 e. The van der Waals surface area contributed by atoms with Crippen LogP contribution in [-0.4, -0.2) is 22.9 Å². The van der Waals surface area contributed by atoms with Crippen molar-refractivity contribution in [1.82, 2.24) is 0 Å². The third-order valence-corrected chi connectivity index (χ3v) is 4.07. The molecule has 2 N–H and O–H groups in total. The Labute approximate surface area is 135 Å². The average Bonchev–Trinajstić information content (AvgIpc) is 2.53. The number of benzene rings is 1. The summed E-state index contributed by atoms with van der Waals surface area (Å²) in [5, 5.41) is 0. The van der Waals surface area contributed by atoms with Crippen molar-refractivity contribution in [1.29, 1.82) is 0 Å². The van der Waals surface area contributed by atoms with Crippen molar-refractivity contribution in [3.8, 4) is 0 Å². The Morgan fingerprint density at radius 3 is 2.68 bits per heavy atom. The third kappa shape index (κ3) is 5.87. The molecule has 22 heavy (non-hydrogen) atoms. The summed E-state index contributed by atoms with van der Waals surface area (Å²) >= 11 is 1.18. The van der Waals surface area contributed by atoms with E-state index in [0.29, 0.717) is 12.2 Å². The van der Waals surface area contributed by atoms with E-state index in [2.05, 4.69) is 6.58 Å². The van der Waals surface area contributed by atoms with Crippen LogP contribution in [0.4, 0.5) is 0 Å². The number of hydrogen-bond acceptors (Lipinski definition) is 5. The van der Waals surface area contributed by atoms with E-state index in [9.17, 15) is 9.59 Å². The minimum absolute atomic E-state index is 0.161. The van der Waals surface area contributed by atoms with E-state index >= 15 is 0 Å². The van der Waals surface area contributed by atoms with Crippen molar-refractivity contribution >= 4 is 24.0 Å². The molecule has 0 bridgehead atoms. The Morgan fingerprint density at radius 1 is 1.41 bits per heavy atom. The van der Waals surface area contributed by atoms with E-state index in [-0.39, 0.29) is 6.61 Å². The monoisotopic (exact) mass is 319 g/mol. The van der Waals surface area contributed by atoms with Crippen LogP contribution < -0.4 is 5.73 Å². The number of aldehydes is 1. The highest BCUT2D eigenvalue weighted by molar-refractivity contribution is 8.01. The van der Waals surface area contributed by atoms with Gasteiger partial charge in [-0.1, -0.05) is 48.6 Å². The maximum atomic E-state index is 12.3. The molecule has 0 aromatic heterocycles. The average molecular weight is 319 g/mol. The number of carbonyl (C=O) groups excluding carboxylic acids is 2. The first-order valence-corrected chi connectivity index (χ1v) is 7.90. The zero-order valence-electron chi connectivity index (χ0n) is 12.7. The molecule has 0 heterocycles. The SMILES string of the molecule is C=C/C(C)=C/[C@](N)(SCCC=O)C(=O)OCc1ccccc1. The normalized spacial score (nSPS) is 14.0. The molecular formula is C17H21NO3S. The molecule has 1 rings (SSSR count). The van der Waals surface area contributed by atoms with Crippen molar-refractivity contribution in [2.45, 2.75) is 24.8 Å². The second-order valence-corrected chi connectivity index (χ2v) is 6.12. The standard InChI is InChI=1S/C17H21NO3S/c1-3-14(2)12-17(18,22-11-7-10-19)16(20)21-13-15-8-5-4-6-9-15/h3-6,8-10,12H,1,7,11,13,18H2,2H3/b14-12+/t17-/m0/s1. The van der Waals surface area contributed by atoms with Crippen LogP contribution in [0.25, 0.3) is 0 Å². The first-order valence-electron chi connectivity index (χ1n) is 6.91. The molecule has 1 atom stereocenters. The van der Waals surface area contributed by atoms with Gasteiger partial charge in [0.05, 0.1) is 0 Å². The van der Waals surface area contributed by atoms with Gasteiger partial charge in [0.15, 0.2) is 4.87 Å². The second-order valence-electron chi connectivity index (χ2n) is 4.75. The Kier molecular flexibility index (Phi) is 7.63. The molecule has 0 radical (unpaired) electrons. The summed E-state index contributed by atoms with van der Waals surface area (Å²) in [6.45, 7) is 5.62. The predicted octanol–water partition coefficient (Wildman–Crippen LogP) is 2.84. The lowest BCUT2D eigenvalue weighted by molar-refractivity contribution is -0.146. The highest BCUT2D eigenvalue weighted by atomic mass is 32.2. The number of ether oxygens (including phenoxy) is 1. The number of thioether (sulfide) groups is 1. The molecule has 0 saturated carbocycles. The predicted molar refractivity (Wildman–Crippen MR) is 90.2 cm³/mol. The van der Waals surface area contributed by atoms with Gasteiger partial charge in [0.2, 0.25) is 0 Å². The van der Waals surface area contributed by atoms with Gasteiger partial charge in [-0.25, -0.2) is 4.79 Å². The largest absolute Gasteiger partial charge is 0.459 e. The summed E-state index contributed by atoms with van der Waals surface area (Å²) < 4.78 is 5.32. The van der Waals surface area contributed by atoms with Gasteiger partial charge in [0.25, 0.3) is 0 Å². The number of allylic oxidation sites excluding steroid dienone is 2. The summed E-state index contributed by atoms with van der Waals surface area (Å²) in [6, 6.07) is 9.38. The van der Waals surface area contributed by atoms with Crippen molar-refractivity contribution < 1.29 is 14.3 Å². The lowest BCUT2D eigenvalue weighted by atomic mass is 10.2. The Balaban J connectivity index is 2.78. The van der Waals surface area contributed by atoms with E-state index in [4.69, 9.17) is 10.5 Å². The van der Waals surface area contributed by atoms with Crippen LogP contribution >= 0.6 is 11.8 Å². The minimum Gasteiger partial charge on any atom is -0.459 e. The topological polar surface area (TPSA) is 69.4 Å². The third-order valence-electron chi connectivity index (χ3n) is 2.87. The molecule has 0 saturated heterocycles. The first kappa shape index (κ1) is 18.2.